The number of hydrogen-bond donors (Lipinski definition) is 0. The summed E-state index contributed by atoms with van der Waals surface area (Å²) < 4.78 is 0. The van der Waals surface area contributed by atoms with E-state index in [1.807, 2.05) is 0 Å². The van der Waals surface area contributed by atoms with Gasteiger partial charge >= 0.3 is 0 Å². The minimum absolute atomic E-state index is 0.558. The maximum absolute atomic E-state index is 2.54. The van der Waals surface area contributed by atoms with Gasteiger partial charge in [0.15, 0.2) is 0 Å². The number of benzene rings is 11. The van der Waals surface area contributed by atoms with E-state index in [9.17, 15) is 0 Å². The molecule has 0 fully saturated rings. The first-order valence-corrected chi connectivity index (χ1v) is 23.3. The highest BCUT2D eigenvalue weighted by Crippen LogP contribution is 2.61. The van der Waals surface area contributed by atoms with E-state index in [-0.39, 0.29) is 0 Å². The standard InChI is InChI=1S/C66H45N/c1-6-23-47(24-7-1)58-44-59-56-35-19-21-37-61(56)66(51-30-12-4-13-31-51,52-32-14-5-15-33-52)63(59)45-64(58)67(53-39-38-46-22-16-17-25-48(46)42-53)54-40-41-57-55-34-18-20-36-60(55)65(62(57)43-54,49-26-8-2-9-27-49)50-28-10-3-11-29-50/h1-45H. The van der Waals surface area contributed by atoms with Gasteiger partial charge in [0, 0.05) is 16.9 Å². The molecular weight excluding hydrogens is 807 g/mol. The molecule has 0 unspecified atom stereocenters. The van der Waals surface area contributed by atoms with Crippen LogP contribution in [-0.2, 0) is 10.8 Å². The summed E-state index contributed by atoms with van der Waals surface area (Å²) in [5.41, 5.74) is 19.6. The SMILES string of the molecule is c1ccc(-c2cc3c(cc2N(c2ccc4c(c2)C(c2ccccc2)(c2ccccc2)c2ccccc2-4)c2ccc4ccccc4c2)C(c2ccccc2)(c2ccccc2)c2ccccc2-3)cc1. The molecule has 0 amide bonds. The van der Waals surface area contributed by atoms with Crippen molar-refractivity contribution in [2.75, 3.05) is 4.90 Å². The molecule has 0 spiro atoms. The molecule has 0 bridgehead atoms. The molecule has 0 heterocycles. The molecule has 0 aliphatic heterocycles. The third kappa shape index (κ3) is 5.81. The van der Waals surface area contributed by atoms with Gasteiger partial charge in [-0.2, -0.15) is 0 Å². The Morgan fingerprint density at radius 2 is 0.642 bits per heavy atom. The topological polar surface area (TPSA) is 3.24 Å². The molecule has 0 aromatic heterocycles. The summed E-state index contributed by atoms with van der Waals surface area (Å²) in [4.78, 5) is 2.54. The van der Waals surface area contributed by atoms with Crippen molar-refractivity contribution < 1.29 is 0 Å². The largest absolute Gasteiger partial charge is 0.310 e. The lowest BCUT2D eigenvalue weighted by atomic mass is 9.67. The fourth-order valence-electron chi connectivity index (χ4n) is 11.8. The highest BCUT2D eigenvalue weighted by molar-refractivity contribution is 5.99. The lowest BCUT2D eigenvalue weighted by Gasteiger charge is -2.36. The minimum atomic E-state index is -0.581. The molecule has 0 saturated heterocycles. The molecule has 1 heteroatoms. The smallest absolute Gasteiger partial charge is 0.0714 e. The number of fused-ring (bicyclic) bond motifs is 7. The first-order chi connectivity index (χ1) is 33.2. The van der Waals surface area contributed by atoms with E-state index in [0.717, 1.165) is 22.6 Å². The van der Waals surface area contributed by atoms with Gasteiger partial charge in [-0.1, -0.05) is 237 Å². The molecule has 0 N–H and O–H groups in total. The van der Waals surface area contributed by atoms with Crippen molar-refractivity contribution in [3.8, 4) is 33.4 Å². The Bertz CT molecular complexity index is 3540. The summed E-state index contributed by atoms with van der Waals surface area (Å²) >= 11 is 0. The van der Waals surface area contributed by atoms with E-state index in [2.05, 4.69) is 278 Å². The highest BCUT2D eigenvalue weighted by atomic mass is 15.1. The van der Waals surface area contributed by atoms with E-state index >= 15 is 0 Å². The van der Waals surface area contributed by atoms with Gasteiger partial charge in [0.1, 0.15) is 0 Å². The third-order valence-corrected chi connectivity index (χ3v) is 14.6. The predicted molar refractivity (Wildman–Crippen MR) is 279 cm³/mol. The van der Waals surface area contributed by atoms with Gasteiger partial charge in [-0.05, 0) is 119 Å². The summed E-state index contributed by atoms with van der Waals surface area (Å²) in [7, 11) is 0. The van der Waals surface area contributed by atoms with Crippen molar-refractivity contribution in [2.45, 2.75) is 10.8 Å². The minimum Gasteiger partial charge on any atom is -0.310 e. The lowest BCUT2D eigenvalue weighted by molar-refractivity contribution is 0.767. The number of anilines is 3. The number of nitrogens with zero attached hydrogens (tertiary/aromatic N) is 1. The Balaban J connectivity index is 1.16. The van der Waals surface area contributed by atoms with Gasteiger partial charge in [-0.3, -0.25) is 0 Å². The normalized spacial score (nSPS) is 13.6. The Hall–Kier alpha value is -8.52. The fourth-order valence-corrected chi connectivity index (χ4v) is 11.8. The molecule has 314 valence electrons. The van der Waals surface area contributed by atoms with Crippen molar-refractivity contribution in [3.63, 3.8) is 0 Å². The second kappa shape index (κ2) is 15.6. The molecule has 2 aliphatic rings. The Morgan fingerprint density at radius 1 is 0.239 bits per heavy atom. The summed E-state index contributed by atoms with van der Waals surface area (Å²) in [6, 6.07) is 102. The maximum Gasteiger partial charge on any atom is 0.0714 e. The zero-order valence-corrected chi connectivity index (χ0v) is 36.9. The van der Waals surface area contributed by atoms with Crippen LogP contribution in [0.4, 0.5) is 17.1 Å². The molecule has 67 heavy (non-hydrogen) atoms. The Labute approximate surface area is 392 Å². The van der Waals surface area contributed by atoms with Crippen LogP contribution in [0.3, 0.4) is 0 Å². The van der Waals surface area contributed by atoms with Crippen LogP contribution in [0.15, 0.2) is 273 Å². The van der Waals surface area contributed by atoms with Gasteiger partial charge in [-0.15, -0.1) is 0 Å². The summed E-state index contributed by atoms with van der Waals surface area (Å²) in [5, 5.41) is 2.40. The van der Waals surface area contributed by atoms with Gasteiger partial charge in [0.2, 0.25) is 0 Å². The zero-order valence-electron chi connectivity index (χ0n) is 36.9. The van der Waals surface area contributed by atoms with E-state index < -0.39 is 10.8 Å². The van der Waals surface area contributed by atoms with Crippen molar-refractivity contribution in [2.24, 2.45) is 0 Å². The number of rotatable bonds is 8. The molecule has 0 saturated carbocycles. The van der Waals surface area contributed by atoms with Crippen LogP contribution in [-0.4, -0.2) is 0 Å². The molecule has 0 radical (unpaired) electrons. The average molecular weight is 852 g/mol. The lowest BCUT2D eigenvalue weighted by Crippen LogP contribution is -2.29. The van der Waals surface area contributed by atoms with Crippen LogP contribution in [0.5, 0.6) is 0 Å². The van der Waals surface area contributed by atoms with Crippen molar-refractivity contribution in [1.82, 2.24) is 0 Å². The van der Waals surface area contributed by atoms with Crippen LogP contribution < -0.4 is 4.90 Å². The maximum atomic E-state index is 2.54. The monoisotopic (exact) mass is 851 g/mol. The molecular formula is C66H45N. The molecule has 0 atom stereocenters. The Kier molecular flexibility index (Phi) is 9.05. The van der Waals surface area contributed by atoms with Gasteiger partial charge in [-0.25, -0.2) is 0 Å². The molecule has 11 aromatic rings. The van der Waals surface area contributed by atoms with Crippen LogP contribution >= 0.6 is 0 Å². The molecule has 1 nitrogen and oxygen atoms in total. The van der Waals surface area contributed by atoms with E-state index in [0.29, 0.717) is 0 Å². The predicted octanol–water partition coefficient (Wildman–Crippen LogP) is 16.7. The third-order valence-electron chi connectivity index (χ3n) is 14.6. The quantitative estimate of drug-likeness (QED) is 0.147. The summed E-state index contributed by atoms with van der Waals surface area (Å²) in [5.74, 6) is 0. The van der Waals surface area contributed by atoms with Crippen molar-refractivity contribution in [3.05, 3.63) is 317 Å². The fraction of sp³-hybridized carbons (Fsp3) is 0.0303. The van der Waals surface area contributed by atoms with E-state index in [4.69, 9.17) is 0 Å². The number of hydrogen-bond acceptors (Lipinski definition) is 1. The van der Waals surface area contributed by atoms with Crippen LogP contribution in [0.2, 0.25) is 0 Å². The van der Waals surface area contributed by atoms with Crippen LogP contribution in [0.25, 0.3) is 44.2 Å². The first-order valence-electron chi connectivity index (χ1n) is 23.3. The Morgan fingerprint density at radius 3 is 1.19 bits per heavy atom. The van der Waals surface area contributed by atoms with E-state index in [1.54, 1.807) is 0 Å². The second-order valence-electron chi connectivity index (χ2n) is 17.9. The van der Waals surface area contributed by atoms with Crippen LogP contribution in [0, 0.1) is 0 Å². The summed E-state index contributed by atoms with van der Waals surface area (Å²) in [6.45, 7) is 0. The highest BCUT2D eigenvalue weighted by Gasteiger charge is 2.48. The average Bonchev–Trinajstić information content (AvgIpc) is 3.87. The van der Waals surface area contributed by atoms with E-state index in [1.165, 1.54) is 83.1 Å². The summed E-state index contributed by atoms with van der Waals surface area (Å²) in [6.07, 6.45) is 0. The zero-order chi connectivity index (χ0) is 44.4. The van der Waals surface area contributed by atoms with Gasteiger partial charge in [0.05, 0.1) is 16.5 Å². The van der Waals surface area contributed by atoms with Gasteiger partial charge in [0.25, 0.3) is 0 Å². The molecule has 13 rings (SSSR count). The first kappa shape index (κ1) is 38.9. The van der Waals surface area contributed by atoms with Crippen molar-refractivity contribution in [1.29, 1.82) is 0 Å². The second-order valence-corrected chi connectivity index (χ2v) is 17.9. The molecule has 2 aliphatic carbocycles. The van der Waals surface area contributed by atoms with Crippen LogP contribution in [0.1, 0.15) is 44.5 Å². The molecule has 11 aromatic carbocycles. The van der Waals surface area contributed by atoms with Crippen molar-refractivity contribution >= 4 is 27.8 Å². The van der Waals surface area contributed by atoms with Gasteiger partial charge < -0.3 is 4.90 Å².